The first-order chi connectivity index (χ1) is 9.50. The van der Waals surface area contributed by atoms with E-state index < -0.39 is 0 Å². The van der Waals surface area contributed by atoms with E-state index in [1.807, 2.05) is 12.4 Å². The highest BCUT2D eigenvalue weighted by Crippen LogP contribution is 2.24. The lowest BCUT2D eigenvalue weighted by Gasteiger charge is -2.18. The third kappa shape index (κ3) is 3.66. The highest BCUT2D eigenvalue weighted by Gasteiger charge is 2.13. The number of unbranched alkanes of at least 4 members (excludes halogenated alkanes) is 1. The van der Waals surface area contributed by atoms with Crippen LogP contribution in [0.4, 0.5) is 0 Å². The Morgan fingerprint density at radius 2 is 1.55 bits per heavy atom. The van der Waals surface area contributed by atoms with Crippen LogP contribution in [0.2, 0.25) is 0 Å². The fourth-order valence-electron chi connectivity index (χ4n) is 2.13. The first-order valence-electron chi connectivity index (χ1n) is 7.42. The topological polar surface area (TPSA) is 25.8 Å². The quantitative estimate of drug-likeness (QED) is 0.797. The molecule has 2 aromatic rings. The molecule has 1 aromatic carbocycles. The van der Waals surface area contributed by atoms with Crippen molar-refractivity contribution in [3.63, 3.8) is 0 Å². The molecule has 0 radical (unpaired) electrons. The summed E-state index contributed by atoms with van der Waals surface area (Å²) in [5.74, 6) is 0.811. The second kappa shape index (κ2) is 6.17. The molecule has 20 heavy (non-hydrogen) atoms. The van der Waals surface area contributed by atoms with Crippen molar-refractivity contribution >= 4 is 0 Å². The second-order valence-corrected chi connectivity index (χ2v) is 6.35. The molecule has 0 amide bonds. The molecule has 0 saturated carbocycles. The molecule has 0 aliphatic rings. The maximum atomic E-state index is 4.48. The van der Waals surface area contributed by atoms with Crippen LogP contribution in [-0.2, 0) is 11.8 Å². The van der Waals surface area contributed by atoms with Gasteiger partial charge < -0.3 is 0 Å². The van der Waals surface area contributed by atoms with Crippen molar-refractivity contribution in [1.82, 2.24) is 9.97 Å². The van der Waals surface area contributed by atoms with Crippen molar-refractivity contribution in [2.75, 3.05) is 0 Å². The fourth-order valence-corrected chi connectivity index (χ4v) is 2.13. The lowest BCUT2D eigenvalue weighted by molar-refractivity contribution is 0.590. The standard InChI is InChI=1S/C18H24N2/c1-5-6-7-14-12-19-17(20-13-14)15-8-10-16(11-9-15)18(2,3)4/h8-13H,5-7H2,1-4H3. The Labute approximate surface area is 122 Å². The lowest BCUT2D eigenvalue weighted by atomic mass is 9.87. The van der Waals surface area contributed by atoms with E-state index in [2.05, 4.69) is 61.9 Å². The molecule has 0 fully saturated rings. The number of benzene rings is 1. The zero-order chi connectivity index (χ0) is 14.6. The number of hydrogen-bond donors (Lipinski definition) is 0. The van der Waals surface area contributed by atoms with Gasteiger partial charge in [-0.05, 0) is 29.4 Å². The first-order valence-corrected chi connectivity index (χ1v) is 7.42. The third-order valence-electron chi connectivity index (χ3n) is 3.53. The van der Waals surface area contributed by atoms with Gasteiger partial charge in [0.25, 0.3) is 0 Å². The molecule has 0 bridgehead atoms. The van der Waals surface area contributed by atoms with E-state index in [4.69, 9.17) is 0 Å². The van der Waals surface area contributed by atoms with Crippen molar-refractivity contribution < 1.29 is 0 Å². The molecular weight excluding hydrogens is 244 g/mol. The van der Waals surface area contributed by atoms with Gasteiger partial charge in [-0.3, -0.25) is 0 Å². The summed E-state index contributed by atoms with van der Waals surface area (Å²) in [6.45, 7) is 8.87. The average Bonchev–Trinajstić information content (AvgIpc) is 2.45. The SMILES string of the molecule is CCCCc1cnc(-c2ccc(C(C)(C)C)cc2)nc1. The minimum absolute atomic E-state index is 0.184. The van der Waals surface area contributed by atoms with Crippen molar-refractivity contribution in [3.8, 4) is 11.4 Å². The largest absolute Gasteiger partial charge is 0.236 e. The van der Waals surface area contributed by atoms with E-state index in [-0.39, 0.29) is 5.41 Å². The number of aromatic nitrogens is 2. The van der Waals surface area contributed by atoms with Crippen molar-refractivity contribution in [2.45, 2.75) is 52.4 Å². The Hall–Kier alpha value is -1.70. The molecule has 0 aliphatic heterocycles. The van der Waals surface area contributed by atoms with Gasteiger partial charge in [0.05, 0.1) is 0 Å². The van der Waals surface area contributed by atoms with Crippen LogP contribution in [0.1, 0.15) is 51.7 Å². The molecule has 2 heteroatoms. The number of hydrogen-bond acceptors (Lipinski definition) is 2. The van der Waals surface area contributed by atoms with Gasteiger partial charge in [0.1, 0.15) is 0 Å². The predicted molar refractivity (Wildman–Crippen MR) is 84.8 cm³/mol. The lowest BCUT2D eigenvalue weighted by Crippen LogP contribution is -2.10. The van der Waals surface area contributed by atoms with Gasteiger partial charge in [0.15, 0.2) is 5.82 Å². The van der Waals surface area contributed by atoms with Crippen molar-refractivity contribution in [2.24, 2.45) is 0 Å². The molecule has 0 saturated heterocycles. The monoisotopic (exact) mass is 268 g/mol. The zero-order valence-electron chi connectivity index (χ0n) is 13.0. The summed E-state index contributed by atoms with van der Waals surface area (Å²) < 4.78 is 0. The smallest absolute Gasteiger partial charge is 0.159 e. The predicted octanol–water partition coefficient (Wildman–Crippen LogP) is 4.78. The van der Waals surface area contributed by atoms with E-state index in [9.17, 15) is 0 Å². The highest BCUT2D eigenvalue weighted by atomic mass is 14.9. The third-order valence-corrected chi connectivity index (χ3v) is 3.53. The summed E-state index contributed by atoms with van der Waals surface area (Å²) in [6.07, 6.45) is 7.38. The molecule has 106 valence electrons. The minimum Gasteiger partial charge on any atom is -0.236 e. The Morgan fingerprint density at radius 1 is 0.950 bits per heavy atom. The van der Waals surface area contributed by atoms with Crippen LogP contribution in [-0.4, -0.2) is 9.97 Å². The van der Waals surface area contributed by atoms with Gasteiger partial charge in [-0.2, -0.15) is 0 Å². The van der Waals surface area contributed by atoms with Gasteiger partial charge in [0.2, 0.25) is 0 Å². The molecule has 0 N–H and O–H groups in total. The number of rotatable bonds is 4. The average molecular weight is 268 g/mol. The Morgan fingerprint density at radius 3 is 2.05 bits per heavy atom. The van der Waals surface area contributed by atoms with Gasteiger partial charge >= 0.3 is 0 Å². The van der Waals surface area contributed by atoms with E-state index in [0.717, 1.165) is 17.8 Å². The molecule has 2 nitrogen and oxygen atoms in total. The van der Waals surface area contributed by atoms with E-state index >= 15 is 0 Å². The van der Waals surface area contributed by atoms with Gasteiger partial charge in [-0.25, -0.2) is 9.97 Å². The minimum atomic E-state index is 0.184. The Bertz CT molecular complexity index is 533. The van der Waals surface area contributed by atoms with Crippen molar-refractivity contribution in [3.05, 3.63) is 47.8 Å². The van der Waals surface area contributed by atoms with Crippen LogP contribution >= 0.6 is 0 Å². The second-order valence-electron chi connectivity index (χ2n) is 6.35. The zero-order valence-corrected chi connectivity index (χ0v) is 13.0. The maximum Gasteiger partial charge on any atom is 0.159 e. The van der Waals surface area contributed by atoms with Crippen LogP contribution in [0, 0.1) is 0 Å². The maximum absolute atomic E-state index is 4.48. The fraction of sp³-hybridized carbons (Fsp3) is 0.444. The highest BCUT2D eigenvalue weighted by molar-refractivity contribution is 5.55. The van der Waals surface area contributed by atoms with Gasteiger partial charge in [-0.1, -0.05) is 58.4 Å². The summed E-state index contributed by atoms with van der Waals surface area (Å²) in [4.78, 5) is 8.97. The summed E-state index contributed by atoms with van der Waals surface area (Å²) in [5, 5.41) is 0. The van der Waals surface area contributed by atoms with Crippen molar-refractivity contribution in [1.29, 1.82) is 0 Å². The number of nitrogens with zero attached hydrogens (tertiary/aromatic N) is 2. The van der Waals surface area contributed by atoms with Crippen LogP contribution < -0.4 is 0 Å². The molecule has 1 aromatic heterocycles. The number of aryl methyl sites for hydroxylation is 1. The molecule has 0 unspecified atom stereocenters. The normalized spacial score (nSPS) is 11.6. The Kier molecular flexibility index (Phi) is 4.53. The first kappa shape index (κ1) is 14.7. The molecule has 0 spiro atoms. The molecule has 0 atom stereocenters. The van der Waals surface area contributed by atoms with E-state index in [0.29, 0.717) is 0 Å². The molecule has 2 rings (SSSR count). The van der Waals surface area contributed by atoms with E-state index in [1.54, 1.807) is 0 Å². The van der Waals surface area contributed by atoms with Crippen LogP contribution in [0.5, 0.6) is 0 Å². The summed E-state index contributed by atoms with van der Waals surface area (Å²) in [7, 11) is 0. The summed E-state index contributed by atoms with van der Waals surface area (Å²) >= 11 is 0. The van der Waals surface area contributed by atoms with E-state index in [1.165, 1.54) is 24.0 Å². The van der Waals surface area contributed by atoms with Crippen LogP contribution in [0.25, 0.3) is 11.4 Å². The summed E-state index contributed by atoms with van der Waals surface area (Å²) in [5.41, 5.74) is 3.83. The van der Waals surface area contributed by atoms with Crippen LogP contribution in [0.3, 0.4) is 0 Å². The van der Waals surface area contributed by atoms with Gasteiger partial charge in [0, 0.05) is 18.0 Å². The van der Waals surface area contributed by atoms with Gasteiger partial charge in [-0.15, -0.1) is 0 Å². The molecule has 1 heterocycles. The molecular formula is C18H24N2. The van der Waals surface area contributed by atoms with Crippen LogP contribution in [0.15, 0.2) is 36.7 Å². The molecule has 0 aliphatic carbocycles. The Balaban J connectivity index is 2.15. The summed E-state index contributed by atoms with van der Waals surface area (Å²) in [6, 6.07) is 8.57.